The van der Waals surface area contributed by atoms with Crippen LogP contribution >= 0.6 is 0 Å². The van der Waals surface area contributed by atoms with Gasteiger partial charge in [-0.2, -0.15) is 0 Å². The molecule has 4 aliphatic rings. The maximum Gasteiger partial charge on any atom is 0.147 e. The largest absolute Gasteiger partial charge is 0.493 e. The van der Waals surface area contributed by atoms with Crippen molar-refractivity contribution >= 4 is 22.7 Å². The van der Waals surface area contributed by atoms with Crippen molar-refractivity contribution in [1.82, 2.24) is 0 Å². The van der Waals surface area contributed by atoms with Crippen molar-refractivity contribution < 1.29 is 52.1 Å². The lowest BCUT2D eigenvalue weighted by Gasteiger charge is -2.44. The van der Waals surface area contributed by atoms with Crippen LogP contribution in [0.5, 0.6) is 23.0 Å². The predicted molar refractivity (Wildman–Crippen MR) is 349 cm³/mol. The van der Waals surface area contributed by atoms with Crippen molar-refractivity contribution in [1.29, 1.82) is 0 Å². The van der Waals surface area contributed by atoms with Gasteiger partial charge in [-0.3, -0.25) is 0 Å². The summed E-state index contributed by atoms with van der Waals surface area (Å²) in [5, 5.41) is 0. The van der Waals surface area contributed by atoms with E-state index in [1.54, 1.807) is 0 Å². The Morgan fingerprint density at radius 2 is 0.618 bits per heavy atom. The van der Waals surface area contributed by atoms with Crippen molar-refractivity contribution in [3.63, 3.8) is 0 Å². The van der Waals surface area contributed by atoms with E-state index in [1.807, 2.05) is 14.2 Å². The van der Waals surface area contributed by atoms with E-state index in [2.05, 4.69) is 195 Å². The fourth-order valence-corrected chi connectivity index (χ4v) is 13.7. The molecule has 0 N–H and O–H groups in total. The highest BCUT2D eigenvalue weighted by atomic mass is 16.6. The summed E-state index contributed by atoms with van der Waals surface area (Å²) in [5.74, 6) is 3.23. The monoisotopic (exact) mass is 1200 g/mol. The van der Waals surface area contributed by atoms with E-state index in [4.69, 9.17) is 52.1 Å². The van der Waals surface area contributed by atoms with Crippen LogP contribution in [-0.4, -0.2) is 121 Å². The summed E-state index contributed by atoms with van der Waals surface area (Å²) in [6.45, 7) is 10.1. The molecule has 0 aromatic heterocycles. The Morgan fingerprint density at radius 1 is 0.348 bits per heavy atom. The van der Waals surface area contributed by atoms with Crippen LogP contribution in [0.15, 0.2) is 158 Å². The number of hydrogen-bond donors (Lipinski definition) is 0. The zero-order valence-electron chi connectivity index (χ0n) is 52.5. The van der Waals surface area contributed by atoms with Gasteiger partial charge < -0.3 is 61.9 Å². The van der Waals surface area contributed by atoms with E-state index in [1.165, 1.54) is 0 Å². The Kier molecular flexibility index (Phi) is 19.6. The minimum Gasteiger partial charge on any atom is -0.493 e. The summed E-state index contributed by atoms with van der Waals surface area (Å²) in [7, 11) is 7.95. The van der Waals surface area contributed by atoms with Crippen molar-refractivity contribution in [2.45, 2.75) is 63.6 Å². The minimum atomic E-state index is -1.02. The second-order valence-electron chi connectivity index (χ2n) is 23.2. The first-order valence-electron chi connectivity index (χ1n) is 31.7. The first-order chi connectivity index (χ1) is 43.8. The molecule has 0 spiro atoms. The molecule has 3 aliphatic heterocycles. The third kappa shape index (κ3) is 12.3. The highest BCUT2D eigenvalue weighted by Crippen LogP contribution is 2.56. The maximum atomic E-state index is 7.23. The molecule has 13 nitrogen and oxygen atoms in total. The number of benzene rings is 8. The summed E-state index contributed by atoms with van der Waals surface area (Å²) in [4.78, 5) is 4.54. The van der Waals surface area contributed by atoms with Crippen LogP contribution in [0.2, 0.25) is 0 Å². The number of anilines is 4. The van der Waals surface area contributed by atoms with Gasteiger partial charge in [0.05, 0.1) is 79.3 Å². The SMILES string of the molecule is CCCOc1c2cccc1Cc1cc(C3(OC)c4ccccc4N(C)c4ccccc43)cc3c1OCCOCCOCCOCCOCCOCCOc1c(cc(C4(OC)c5ccccc5N(C)c5ccccc54)cc1Cc1cccc(c1OCCC)C3)C2. The number of ether oxygens (including phenoxy) is 11. The average Bonchev–Trinajstić information content (AvgIpc) is 2.81. The summed E-state index contributed by atoms with van der Waals surface area (Å²) in [6.07, 6.45) is 3.48. The fraction of sp³-hybridized carbons (Fsp3) is 0.368. The number of para-hydroxylation sites is 6. The number of methoxy groups -OCH3 is 2. The molecular formula is C76H84N2O11. The molecule has 8 aromatic rings. The van der Waals surface area contributed by atoms with Crippen LogP contribution in [-0.2, 0) is 70.0 Å². The molecule has 10 bridgehead atoms. The Balaban J connectivity index is 1.11. The van der Waals surface area contributed by atoms with Crippen LogP contribution in [0.3, 0.4) is 0 Å². The number of fused-ring (bicyclic) bond motifs is 6. The van der Waals surface area contributed by atoms with E-state index < -0.39 is 11.2 Å². The van der Waals surface area contributed by atoms with Gasteiger partial charge in [-0.25, -0.2) is 0 Å². The number of hydrogen-bond acceptors (Lipinski definition) is 13. The quantitative estimate of drug-likeness (QED) is 0.130. The zero-order valence-corrected chi connectivity index (χ0v) is 52.5. The van der Waals surface area contributed by atoms with Gasteiger partial charge in [-0.05, 0) is 117 Å². The Hall–Kier alpha value is -7.72. The molecule has 0 saturated heterocycles. The van der Waals surface area contributed by atoms with Crippen LogP contribution in [0.4, 0.5) is 22.7 Å². The molecular weight excluding hydrogens is 1120 g/mol. The molecule has 0 radical (unpaired) electrons. The van der Waals surface area contributed by atoms with Gasteiger partial charge in [0.1, 0.15) is 47.4 Å². The van der Waals surface area contributed by atoms with Crippen molar-refractivity contribution in [3.8, 4) is 23.0 Å². The van der Waals surface area contributed by atoms with Gasteiger partial charge in [-0.15, -0.1) is 0 Å². The Labute approximate surface area is 525 Å². The molecule has 0 unspecified atom stereocenters. The standard InChI is InChI=1S/C76H84N2O11/c1-7-31-86-71-53-19-17-20-54(71)46-58-50-62(76(80-6)65-25-11-15-29-69(65)78(4)70-30-16-12-26-66(70)76)52-60-48-56-22-18-21-55(72(56)87-32-8-2)47-59-51-61(75(79-5)63-23-9-13-27-67(63)77(3)68-28-14-10-24-64(68)75)49-57(45-53)73(59)88-43-41-84-39-37-82-35-33-81-34-36-83-38-40-85-42-44-89-74(58)60/h9-30,49-52H,7-8,31-48H2,1-6H3. The van der Waals surface area contributed by atoms with Crippen molar-refractivity contribution in [2.75, 3.05) is 131 Å². The maximum absolute atomic E-state index is 7.23. The van der Waals surface area contributed by atoms with Crippen LogP contribution in [0.25, 0.3) is 0 Å². The Morgan fingerprint density at radius 3 is 0.888 bits per heavy atom. The second-order valence-corrected chi connectivity index (χ2v) is 23.2. The van der Waals surface area contributed by atoms with E-state index in [-0.39, 0.29) is 0 Å². The number of nitrogens with zero attached hydrogens (tertiary/aromatic N) is 2. The summed E-state index contributed by atoms with van der Waals surface area (Å²) >= 11 is 0. The molecule has 0 atom stereocenters. The molecule has 1 aliphatic carbocycles. The van der Waals surface area contributed by atoms with Gasteiger partial charge in [0.2, 0.25) is 0 Å². The lowest BCUT2D eigenvalue weighted by Crippen LogP contribution is -2.38. The lowest BCUT2D eigenvalue weighted by molar-refractivity contribution is -0.0142. The third-order valence-corrected chi connectivity index (χ3v) is 17.7. The molecule has 464 valence electrons. The van der Waals surface area contributed by atoms with E-state index in [0.29, 0.717) is 118 Å². The highest BCUT2D eigenvalue weighted by molar-refractivity contribution is 5.81. The van der Waals surface area contributed by atoms with E-state index in [9.17, 15) is 0 Å². The van der Waals surface area contributed by atoms with E-state index >= 15 is 0 Å². The molecule has 0 fully saturated rings. The van der Waals surface area contributed by atoms with Crippen molar-refractivity contribution in [3.05, 3.63) is 236 Å². The average molecular weight is 1200 g/mol. The molecule has 0 amide bonds. The Bertz CT molecular complexity index is 3310. The van der Waals surface area contributed by atoms with Crippen LogP contribution < -0.4 is 28.7 Å². The zero-order chi connectivity index (χ0) is 61.2. The van der Waals surface area contributed by atoms with E-state index in [0.717, 1.165) is 136 Å². The number of rotatable bonds is 10. The normalized spacial score (nSPS) is 17.0. The van der Waals surface area contributed by atoms with Crippen LogP contribution in [0.1, 0.15) is 105 Å². The third-order valence-electron chi connectivity index (χ3n) is 17.7. The predicted octanol–water partition coefficient (Wildman–Crippen LogP) is 13.8. The molecule has 8 aromatic carbocycles. The summed E-state index contributed by atoms with van der Waals surface area (Å²) in [6, 6.07) is 56.9. The molecule has 12 rings (SSSR count). The van der Waals surface area contributed by atoms with Gasteiger partial charge in [0, 0.05) is 99.0 Å². The first kappa shape index (κ1) is 61.5. The smallest absolute Gasteiger partial charge is 0.147 e. The topological polar surface area (TPSA) is 108 Å². The molecule has 0 saturated carbocycles. The first-order valence-corrected chi connectivity index (χ1v) is 31.7. The van der Waals surface area contributed by atoms with Gasteiger partial charge in [0.25, 0.3) is 0 Å². The van der Waals surface area contributed by atoms with Gasteiger partial charge in [0.15, 0.2) is 0 Å². The van der Waals surface area contributed by atoms with Gasteiger partial charge >= 0.3 is 0 Å². The minimum absolute atomic E-state index is 0.297. The molecule has 89 heavy (non-hydrogen) atoms. The second kappa shape index (κ2) is 28.4. The molecule has 3 heterocycles. The van der Waals surface area contributed by atoms with Crippen molar-refractivity contribution in [2.24, 2.45) is 0 Å². The lowest BCUT2D eigenvalue weighted by atomic mass is 9.74. The summed E-state index contributed by atoms with van der Waals surface area (Å²) < 4.78 is 73.1. The fourth-order valence-electron chi connectivity index (χ4n) is 13.7. The molecule has 13 heteroatoms. The summed E-state index contributed by atoms with van der Waals surface area (Å²) in [5.41, 5.74) is 16.4. The highest BCUT2D eigenvalue weighted by Gasteiger charge is 2.47. The van der Waals surface area contributed by atoms with Crippen LogP contribution in [0, 0.1) is 0 Å². The van der Waals surface area contributed by atoms with Gasteiger partial charge in [-0.1, -0.05) is 123 Å².